The highest BCUT2D eigenvalue weighted by Gasteiger charge is 2.23. The van der Waals surface area contributed by atoms with Crippen LogP contribution in [0.3, 0.4) is 0 Å². The van der Waals surface area contributed by atoms with E-state index in [2.05, 4.69) is 319 Å². The van der Waals surface area contributed by atoms with Crippen molar-refractivity contribution in [3.63, 3.8) is 0 Å². The van der Waals surface area contributed by atoms with Gasteiger partial charge in [0.1, 0.15) is 0 Å². The Morgan fingerprint density at radius 2 is 0.424 bits per heavy atom. The van der Waals surface area contributed by atoms with E-state index in [0.29, 0.717) is 0 Å². The lowest BCUT2D eigenvalue weighted by Gasteiger charge is -2.31. The molecule has 0 fully saturated rings. The van der Waals surface area contributed by atoms with Crippen LogP contribution in [0.15, 0.2) is 273 Å². The minimum atomic E-state index is 1.14. The van der Waals surface area contributed by atoms with Gasteiger partial charge in [0, 0.05) is 17.1 Å². The van der Waals surface area contributed by atoms with E-state index in [4.69, 9.17) is 0 Å². The van der Waals surface area contributed by atoms with Gasteiger partial charge in [0.15, 0.2) is 0 Å². The maximum atomic E-state index is 2.51. The summed E-state index contributed by atoms with van der Waals surface area (Å²) >= 11 is 0. The Kier molecular flexibility index (Phi) is 12.6. The van der Waals surface area contributed by atoms with Crippen LogP contribution >= 0.6 is 0 Å². The van der Waals surface area contributed by atoms with E-state index in [9.17, 15) is 0 Å². The first-order valence-electron chi connectivity index (χ1n) is 29.8. The Balaban J connectivity index is 0.865. The van der Waals surface area contributed by atoms with Crippen LogP contribution in [0.4, 0.5) is 17.1 Å². The molecule has 0 N–H and O–H groups in total. The molecule has 15 aromatic carbocycles. The second kappa shape index (κ2) is 20.8. The van der Waals surface area contributed by atoms with Crippen molar-refractivity contribution in [1.82, 2.24) is 0 Å². The zero-order valence-corrected chi connectivity index (χ0v) is 48.9. The molecule has 1 nitrogen and oxygen atoms in total. The molecule has 0 bridgehead atoms. The van der Waals surface area contributed by atoms with Gasteiger partial charge in [-0.15, -0.1) is 0 Å². The Bertz CT molecular complexity index is 4690. The van der Waals surface area contributed by atoms with Gasteiger partial charge >= 0.3 is 0 Å². The molecule has 0 aliphatic rings. The largest absolute Gasteiger partial charge is 0.310 e. The topological polar surface area (TPSA) is 3.24 Å². The van der Waals surface area contributed by atoms with E-state index in [1.54, 1.807) is 0 Å². The summed E-state index contributed by atoms with van der Waals surface area (Å²) in [5.41, 5.74) is 25.8. The highest BCUT2D eigenvalue weighted by molar-refractivity contribution is 6.14. The minimum absolute atomic E-state index is 1.14. The molecular weight excluding hydrogens is 1020 g/mol. The minimum Gasteiger partial charge on any atom is -0.310 e. The fourth-order valence-electron chi connectivity index (χ4n) is 14.1. The second-order valence-electron chi connectivity index (χ2n) is 23.4. The SMILES string of the molecule is Cc1cc(-c2ccc(-c3c(C)ccc4ccccc34)c3ccccc23)ccc1N(c1ccc(-c2ccc(-c3c(C)ccc4ccccc34)c3ccccc23)cc1C)c1ccc(-c2ccc(-c3c(C)ccc4ccccc34)c3ccccc23)cc1C. The zero-order valence-electron chi connectivity index (χ0n) is 48.9. The molecule has 15 rings (SSSR count). The highest BCUT2D eigenvalue weighted by Crippen LogP contribution is 2.48. The van der Waals surface area contributed by atoms with Crippen LogP contribution in [0.1, 0.15) is 33.4 Å². The Morgan fingerprint density at radius 1 is 0.188 bits per heavy atom. The first-order chi connectivity index (χ1) is 41.7. The highest BCUT2D eigenvalue weighted by atomic mass is 15.1. The standard InChI is InChI=1S/C84H63N/c1-52-31-34-58-19-7-10-22-67(58)82(52)76-43-40-64(70-25-13-16-28-73(70)76)61-37-46-79(55(4)49-61)85(80-47-38-62(50-56(80)5)65-41-44-77(74-29-17-14-26-71(65)74)83-53(2)32-35-59-20-8-11-23-68(59)83)81-48-39-63(51-57(81)6)66-42-45-78(75-30-18-15-27-72(66)75)84-54(3)33-36-60-21-9-12-24-69(60)84/h7-51H,1-6H3. The number of aryl methyl sites for hydroxylation is 6. The van der Waals surface area contributed by atoms with E-state index in [1.165, 1.54) is 165 Å². The summed E-state index contributed by atoms with van der Waals surface area (Å²) in [6, 6.07) is 102. The van der Waals surface area contributed by atoms with Crippen molar-refractivity contribution < 1.29 is 0 Å². The fourth-order valence-corrected chi connectivity index (χ4v) is 14.1. The lowest BCUT2D eigenvalue weighted by atomic mass is 9.87. The van der Waals surface area contributed by atoms with Crippen molar-refractivity contribution in [2.45, 2.75) is 41.5 Å². The normalized spacial score (nSPS) is 11.6. The number of hydrogen-bond acceptors (Lipinski definition) is 1. The number of nitrogens with zero attached hydrogens (tertiary/aromatic N) is 1. The monoisotopic (exact) mass is 1090 g/mol. The lowest BCUT2D eigenvalue weighted by Crippen LogP contribution is -2.14. The molecule has 85 heavy (non-hydrogen) atoms. The molecule has 15 aromatic rings. The average Bonchev–Trinajstić information content (AvgIpc) is 1.82. The molecule has 0 amide bonds. The molecule has 0 atom stereocenters. The van der Waals surface area contributed by atoms with Crippen molar-refractivity contribution in [1.29, 1.82) is 0 Å². The van der Waals surface area contributed by atoms with Crippen LogP contribution in [0.2, 0.25) is 0 Å². The van der Waals surface area contributed by atoms with Crippen LogP contribution in [0.25, 0.3) is 131 Å². The fraction of sp³-hybridized carbons (Fsp3) is 0.0714. The predicted octanol–water partition coefficient (Wildman–Crippen LogP) is 23.9. The number of fused-ring (bicyclic) bond motifs is 6. The summed E-state index contributed by atoms with van der Waals surface area (Å²) in [4.78, 5) is 2.51. The van der Waals surface area contributed by atoms with Gasteiger partial charge in [-0.2, -0.15) is 0 Å². The molecule has 0 aliphatic heterocycles. The van der Waals surface area contributed by atoms with Crippen molar-refractivity contribution in [3.8, 4) is 66.8 Å². The maximum absolute atomic E-state index is 2.51. The van der Waals surface area contributed by atoms with Crippen LogP contribution in [0, 0.1) is 41.5 Å². The van der Waals surface area contributed by atoms with Crippen LogP contribution in [-0.2, 0) is 0 Å². The van der Waals surface area contributed by atoms with E-state index >= 15 is 0 Å². The quantitative estimate of drug-likeness (QED) is 0.139. The van der Waals surface area contributed by atoms with E-state index < -0.39 is 0 Å². The Morgan fingerprint density at radius 3 is 0.694 bits per heavy atom. The van der Waals surface area contributed by atoms with Crippen LogP contribution in [-0.4, -0.2) is 0 Å². The number of anilines is 3. The third-order valence-corrected chi connectivity index (χ3v) is 18.2. The van der Waals surface area contributed by atoms with Crippen molar-refractivity contribution in [3.05, 3.63) is 306 Å². The summed E-state index contributed by atoms with van der Waals surface area (Å²) in [6.45, 7) is 13.6. The molecule has 0 unspecified atom stereocenters. The second-order valence-corrected chi connectivity index (χ2v) is 23.4. The summed E-state index contributed by atoms with van der Waals surface area (Å²) < 4.78 is 0. The molecule has 0 radical (unpaired) electrons. The summed E-state index contributed by atoms with van der Waals surface area (Å²) in [7, 11) is 0. The predicted molar refractivity (Wildman–Crippen MR) is 367 cm³/mol. The lowest BCUT2D eigenvalue weighted by molar-refractivity contribution is 1.21. The van der Waals surface area contributed by atoms with E-state index in [0.717, 1.165) is 17.1 Å². The summed E-state index contributed by atoms with van der Waals surface area (Å²) in [5.74, 6) is 0. The molecule has 1 heteroatoms. The molecule has 0 spiro atoms. The van der Waals surface area contributed by atoms with Gasteiger partial charge in [-0.25, -0.2) is 0 Å². The number of rotatable bonds is 9. The maximum Gasteiger partial charge on any atom is 0.0491 e. The van der Waals surface area contributed by atoms with Gasteiger partial charge < -0.3 is 4.90 Å². The number of hydrogen-bond donors (Lipinski definition) is 0. The van der Waals surface area contributed by atoms with Gasteiger partial charge in [-0.05, 0) is 243 Å². The number of benzene rings is 15. The summed E-state index contributed by atoms with van der Waals surface area (Å²) in [6.07, 6.45) is 0. The van der Waals surface area contributed by atoms with Gasteiger partial charge in [0.2, 0.25) is 0 Å². The smallest absolute Gasteiger partial charge is 0.0491 e. The van der Waals surface area contributed by atoms with Crippen molar-refractivity contribution >= 4 is 81.7 Å². The molecule has 0 aromatic heterocycles. The Labute approximate surface area is 498 Å². The third-order valence-electron chi connectivity index (χ3n) is 18.2. The first kappa shape index (κ1) is 51.5. The zero-order chi connectivity index (χ0) is 57.4. The molecule has 0 saturated carbocycles. The molecule has 0 heterocycles. The molecular formula is C84H63N. The Hall–Kier alpha value is -10.3. The van der Waals surface area contributed by atoms with Gasteiger partial charge in [-0.1, -0.05) is 237 Å². The average molecular weight is 1090 g/mol. The van der Waals surface area contributed by atoms with E-state index in [-0.39, 0.29) is 0 Å². The van der Waals surface area contributed by atoms with E-state index in [1.807, 2.05) is 0 Å². The van der Waals surface area contributed by atoms with Crippen LogP contribution in [0.5, 0.6) is 0 Å². The van der Waals surface area contributed by atoms with Gasteiger partial charge in [-0.3, -0.25) is 0 Å². The molecule has 404 valence electrons. The van der Waals surface area contributed by atoms with Crippen LogP contribution < -0.4 is 4.90 Å². The third kappa shape index (κ3) is 8.69. The van der Waals surface area contributed by atoms with Crippen molar-refractivity contribution in [2.75, 3.05) is 4.90 Å². The summed E-state index contributed by atoms with van der Waals surface area (Å²) in [5, 5.41) is 15.1. The van der Waals surface area contributed by atoms with Crippen molar-refractivity contribution in [2.24, 2.45) is 0 Å². The van der Waals surface area contributed by atoms with Gasteiger partial charge in [0.25, 0.3) is 0 Å². The first-order valence-corrected chi connectivity index (χ1v) is 29.8. The van der Waals surface area contributed by atoms with Gasteiger partial charge in [0.05, 0.1) is 0 Å². The molecule has 0 saturated heterocycles. The molecule has 0 aliphatic carbocycles.